The normalized spacial score (nSPS) is 23.0. The fourth-order valence-electron chi connectivity index (χ4n) is 2.53. The number of aryl methyl sites for hydroxylation is 1. The highest BCUT2D eigenvalue weighted by Crippen LogP contribution is 2.30. The molecule has 2 atom stereocenters. The minimum Gasteiger partial charge on any atom is -0.393 e. The van der Waals surface area contributed by atoms with E-state index in [1.165, 1.54) is 0 Å². The summed E-state index contributed by atoms with van der Waals surface area (Å²) in [5, 5.41) is 23.6. The van der Waals surface area contributed by atoms with Crippen LogP contribution in [0.25, 0.3) is 0 Å². The highest BCUT2D eigenvalue weighted by molar-refractivity contribution is 5.64. The van der Waals surface area contributed by atoms with Crippen molar-refractivity contribution in [2.75, 3.05) is 11.9 Å². The van der Waals surface area contributed by atoms with Gasteiger partial charge in [-0.25, -0.2) is 0 Å². The van der Waals surface area contributed by atoms with Crippen LogP contribution in [0.5, 0.6) is 0 Å². The third-order valence-electron chi connectivity index (χ3n) is 3.52. The maximum atomic E-state index is 11.0. The number of aliphatic hydroxyl groups is 1. The van der Waals surface area contributed by atoms with Crippen molar-refractivity contribution in [3.8, 4) is 0 Å². The van der Waals surface area contributed by atoms with Crippen LogP contribution < -0.4 is 5.32 Å². The molecule has 0 radical (unpaired) electrons. The standard InChI is InChI=1S/C13H18N2O3/c1-9-3-2-4-12(13(9)15(17)18)14-8-10-5-6-11(16)7-10/h2-4,10-11,14,16H,5-8H2,1H3. The molecule has 1 fully saturated rings. The van der Waals surface area contributed by atoms with Gasteiger partial charge in [0.05, 0.1) is 11.0 Å². The van der Waals surface area contributed by atoms with Gasteiger partial charge < -0.3 is 10.4 Å². The Bertz CT molecular complexity index is 448. The van der Waals surface area contributed by atoms with Gasteiger partial charge in [-0.15, -0.1) is 0 Å². The second kappa shape index (κ2) is 5.35. The predicted molar refractivity (Wildman–Crippen MR) is 69.7 cm³/mol. The van der Waals surface area contributed by atoms with Crippen molar-refractivity contribution in [3.63, 3.8) is 0 Å². The first-order chi connectivity index (χ1) is 8.58. The smallest absolute Gasteiger partial charge is 0.295 e. The van der Waals surface area contributed by atoms with Crippen molar-refractivity contribution >= 4 is 11.4 Å². The van der Waals surface area contributed by atoms with Gasteiger partial charge in [0.25, 0.3) is 5.69 Å². The first kappa shape index (κ1) is 12.8. The van der Waals surface area contributed by atoms with Crippen LogP contribution >= 0.6 is 0 Å². The maximum absolute atomic E-state index is 11.0. The molecule has 2 N–H and O–H groups in total. The lowest BCUT2D eigenvalue weighted by molar-refractivity contribution is -0.384. The number of para-hydroxylation sites is 1. The van der Waals surface area contributed by atoms with Crippen LogP contribution in [0.4, 0.5) is 11.4 Å². The van der Waals surface area contributed by atoms with Gasteiger partial charge in [0.2, 0.25) is 0 Å². The van der Waals surface area contributed by atoms with Crippen LogP contribution in [0.2, 0.25) is 0 Å². The molecule has 1 aliphatic carbocycles. The van der Waals surface area contributed by atoms with Crippen LogP contribution in [0.1, 0.15) is 24.8 Å². The third kappa shape index (κ3) is 2.79. The summed E-state index contributed by atoms with van der Waals surface area (Å²) in [4.78, 5) is 10.7. The molecule has 0 bridgehead atoms. The number of nitrogens with one attached hydrogen (secondary N) is 1. The van der Waals surface area contributed by atoms with Gasteiger partial charge in [-0.2, -0.15) is 0 Å². The third-order valence-corrected chi connectivity index (χ3v) is 3.52. The molecule has 0 saturated heterocycles. The Hall–Kier alpha value is -1.62. The van der Waals surface area contributed by atoms with Crippen LogP contribution in [0.3, 0.4) is 0 Å². The molecule has 0 aliphatic heterocycles. The van der Waals surface area contributed by atoms with Crippen LogP contribution in [0.15, 0.2) is 18.2 Å². The quantitative estimate of drug-likeness (QED) is 0.636. The zero-order chi connectivity index (χ0) is 13.1. The van der Waals surface area contributed by atoms with E-state index >= 15 is 0 Å². The molecule has 1 aromatic rings. The predicted octanol–water partition coefficient (Wildman–Crippen LogP) is 2.48. The van der Waals surface area contributed by atoms with Gasteiger partial charge in [-0.1, -0.05) is 12.1 Å². The molecule has 2 unspecified atom stereocenters. The molecule has 5 nitrogen and oxygen atoms in total. The number of benzene rings is 1. The Labute approximate surface area is 106 Å². The molecule has 0 aromatic heterocycles. The number of nitro benzene ring substituents is 1. The Kier molecular flexibility index (Phi) is 3.81. The average molecular weight is 250 g/mol. The molecule has 5 heteroatoms. The highest BCUT2D eigenvalue weighted by atomic mass is 16.6. The summed E-state index contributed by atoms with van der Waals surface area (Å²) >= 11 is 0. The molecular formula is C13H18N2O3. The van der Waals surface area contributed by atoms with Crippen molar-refractivity contribution in [2.24, 2.45) is 5.92 Å². The van der Waals surface area contributed by atoms with E-state index in [0.717, 1.165) is 19.3 Å². The van der Waals surface area contributed by atoms with Gasteiger partial charge in [-0.05, 0) is 38.2 Å². The molecule has 1 aliphatic rings. The monoisotopic (exact) mass is 250 g/mol. The fourth-order valence-corrected chi connectivity index (χ4v) is 2.53. The second-order valence-electron chi connectivity index (χ2n) is 4.94. The molecule has 2 rings (SSSR count). The Morgan fingerprint density at radius 3 is 2.89 bits per heavy atom. The Balaban J connectivity index is 2.05. The van der Waals surface area contributed by atoms with Crippen molar-refractivity contribution in [3.05, 3.63) is 33.9 Å². The Morgan fingerprint density at radius 1 is 1.50 bits per heavy atom. The summed E-state index contributed by atoms with van der Waals surface area (Å²) in [5.74, 6) is 0.403. The first-order valence-electron chi connectivity index (χ1n) is 6.24. The number of aliphatic hydroxyl groups excluding tert-OH is 1. The molecule has 0 amide bonds. The van der Waals surface area contributed by atoms with Gasteiger partial charge in [0, 0.05) is 12.1 Å². The zero-order valence-electron chi connectivity index (χ0n) is 10.4. The summed E-state index contributed by atoms with van der Waals surface area (Å²) in [6.07, 6.45) is 2.40. The first-order valence-corrected chi connectivity index (χ1v) is 6.24. The van der Waals surface area contributed by atoms with Gasteiger partial charge in [0.1, 0.15) is 5.69 Å². The topological polar surface area (TPSA) is 75.4 Å². The highest BCUT2D eigenvalue weighted by Gasteiger charge is 2.23. The van der Waals surface area contributed by atoms with Gasteiger partial charge >= 0.3 is 0 Å². The minimum absolute atomic E-state index is 0.149. The molecule has 98 valence electrons. The van der Waals surface area contributed by atoms with E-state index in [1.54, 1.807) is 19.1 Å². The SMILES string of the molecule is Cc1cccc(NCC2CCC(O)C2)c1[N+](=O)[O-]. The second-order valence-corrected chi connectivity index (χ2v) is 4.94. The number of hydrogen-bond donors (Lipinski definition) is 2. The summed E-state index contributed by atoms with van der Waals surface area (Å²) < 4.78 is 0. The average Bonchev–Trinajstić information content (AvgIpc) is 2.72. The van der Waals surface area contributed by atoms with Crippen LogP contribution in [0, 0.1) is 23.0 Å². The van der Waals surface area contributed by atoms with E-state index in [9.17, 15) is 15.2 Å². The van der Waals surface area contributed by atoms with Crippen molar-refractivity contribution in [2.45, 2.75) is 32.3 Å². The van der Waals surface area contributed by atoms with Gasteiger partial charge in [0.15, 0.2) is 0 Å². The Morgan fingerprint density at radius 2 is 2.28 bits per heavy atom. The van der Waals surface area contributed by atoms with E-state index in [-0.39, 0.29) is 16.7 Å². The minimum atomic E-state index is -0.346. The lowest BCUT2D eigenvalue weighted by Gasteiger charge is -2.12. The van der Waals surface area contributed by atoms with E-state index in [1.807, 2.05) is 6.07 Å². The molecule has 18 heavy (non-hydrogen) atoms. The number of anilines is 1. The summed E-state index contributed by atoms with van der Waals surface area (Å²) in [7, 11) is 0. The van der Waals surface area contributed by atoms with E-state index in [2.05, 4.69) is 5.32 Å². The van der Waals surface area contributed by atoms with Crippen LogP contribution in [-0.2, 0) is 0 Å². The number of nitro groups is 1. The van der Waals surface area contributed by atoms with E-state index in [0.29, 0.717) is 23.7 Å². The number of nitrogens with zero attached hydrogens (tertiary/aromatic N) is 1. The summed E-state index contributed by atoms with van der Waals surface area (Å²) in [6.45, 7) is 2.42. The largest absolute Gasteiger partial charge is 0.393 e. The van der Waals surface area contributed by atoms with Crippen molar-refractivity contribution < 1.29 is 10.0 Å². The van der Waals surface area contributed by atoms with Gasteiger partial charge in [-0.3, -0.25) is 10.1 Å². The zero-order valence-corrected chi connectivity index (χ0v) is 10.4. The fraction of sp³-hybridized carbons (Fsp3) is 0.538. The number of hydrogen-bond acceptors (Lipinski definition) is 4. The molecular weight excluding hydrogens is 232 g/mol. The summed E-state index contributed by atoms with van der Waals surface area (Å²) in [6, 6.07) is 5.29. The molecule has 0 spiro atoms. The lowest BCUT2D eigenvalue weighted by atomic mass is 10.1. The van der Waals surface area contributed by atoms with E-state index < -0.39 is 0 Å². The maximum Gasteiger partial charge on any atom is 0.295 e. The van der Waals surface area contributed by atoms with Crippen LogP contribution in [-0.4, -0.2) is 22.7 Å². The van der Waals surface area contributed by atoms with Crippen molar-refractivity contribution in [1.82, 2.24) is 0 Å². The van der Waals surface area contributed by atoms with Crippen molar-refractivity contribution in [1.29, 1.82) is 0 Å². The van der Waals surface area contributed by atoms with E-state index in [4.69, 9.17) is 0 Å². The molecule has 1 aromatic carbocycles. The number of rotatable bonds is 4. The molecule has 0 heterocycles. The molecule has 1 saturated carbocycles. The lowest BCUT2D eigenvalue weighted by Crippen LogP contribution is -2.13. The summed E-state index contributed by atoms with van der Waals surface area (Å²) in [5.41, 5.74) is 1.38.